The van der Waals surface area contributed by atoms with Crippen LogP contribution in [-0.4, -0.2) is 6.08 Å². The van der Waals surface area contributed by atoms with Gasteiger partial charge in [-0.3, -0.25) is 0 Å². The van der Waals surface area contributed by atoms with E-state index < -0.39 is 0 Å². The molecule has 12 heavy (non-hydrogen) atoms. The minimum absolute atomic E-state index is 0.967. The fourth-order valence-electron chi connectivity index (χ4n) is 0.865. The minimum atomic E-state index is 0.967. The maximum Gasteiger partial charge on any atom is 0.239 e. The van der Waals surface area contributed by atoms with Gasteiger partial charge in [0.15, 0.2) is 0 Å². The molecule has 0 aromatic rings. The van der Waals surface area contributed by atoms with Crippen molar-refractivity contribution in [3.05, 3.63) is 18.7 Å². The first-order chi connectivity index (χ1) is 5.91. The maximum atomic E-state index is 9.63. The van der Waals surface area contributed by atoms with Gasteiger partial charge < -0.3 is 0 Å². The maximum absolute atomic E-state index is 9.63. The highest BCUT2D eigenvalue weighted by Gasteiger charge is 1.85. The molecule has 67 valence electrons. The average Bonchev–Trinajstić information content (AvgIpc) is 2.10. The van der Waals surface area contributed by atoms with Crippen molar-refractivity contribution in [1.29, 1.82) is 0 Å². The summed E-state index contributed by atoms with van der Waals surface area (Å²) in [6, 6.07) is 0. The Morgan fingerprint density at radius 3 is 2.83 bits per heavy atom. The lowest BCUT2D eigenvalue weighted by molar-refractivity contribution is 0.565. The summed E-state index contributed by atoms with van der Waals surface area (Å²) in [5, 5.41) is 0. The molecule has 1 radical (unpaired) electrons. The van der Waals surface area contributed by atoms with Crippen LogP contribution in [0.1, 0.15) is 39.0 Å². The summed E-state index contributed by atoms with van der Waals surface area (Å²) >= 11 is 0. The number of carbonyl (C=O) groups excluding carboxylic acids is 1. The van der Waals surface area contributed by atoms with Gasteiger partial charge in [0, 0.05) is 6.20 Å². The van der Waals surface area contributed by atoms with E-state index in [0.29, 0.717) is 0 Å². The number of unbranched alkanes of at least 4 members (excludes halogenated alkanes) is 5. The van der Waals surface area contributed by atoms with E-state index >= 15 is 0 Å². The third-order valence-corrected chi connectivity index (χ3v) is 1.53. The van der Waals surface area contributed by atoms with Gasteiger partial charge in [-0.2, -0.15) is 4.99 Å². The Morgan fingerprint density at radius 1 is 1.33 bits per heavy atom. The summed E-state index contributed by atoms with van der Waals surface area (Å²) < 4.78 is 0. The van der Waals surface area contributed by atoms with Crippen LogP contribution in [0.3, 0.4) is 0 Å². The van der Waals surface area contributed by atoms with Crippen LogP contribution in [0.25, 0.3) is 0 Å². The normalized spacial score (nSPS) is 10.1. The predicted molar refractivity (Wildman–Crippen MR) is 50.3 cm³/mol. The van der Waals surface area contributed by atoms with E-state index in [4.69, 9.17) is 0 Å². The molecule has 0 bridgehead atoms. The zero-order valence-electron chi connectivity index (χ0n) is 7.62. The quantitative estimate of drug-likeness (QED) is 0.325. The molecule has 0 amide bonds. The van der Waals surface area contributed by atoms with Crippen LogP contribution in [0.5, 0.6) is 0 Å². The third-order valence-electron chi connectivity index (χ3n) is 1.53. The van der Waals surface area contributed by atoms with Crippen molar-refractivity contribution in [1.82, 2.24) is 0 Å². The van der Waals surface area contributed by atoms with Gasteiger partial charge in [-0.25, -0.2) is 4.79 Å². The van der Waals surface area contributed by atoms with Crippen LogP contribution < -0.4 is 0 Å². The molecule has 0 unspecified atom stereocenters. The Labute approximate surface area is 74.4 Å². The van der Waals surface area contributed by atoms with Crippen LogP contribution in [0.2, 0.25) is 0 Å². The monoisotopic (exact) mass is 166 g/mol. The topological polar surface area (TPSA) is 29.4 Å². The standard InChI is InChI=1S/C10H16NO/c1-2-3-4-5-6-7-8-9-11-10-12/h5,8-9H,2-4,6-7H2,1H3. The van der Waals surface area contributed by atoms with E-state index in [2.05, 4.69) is 18.3 Å². The summed E-state index contributed by atoms with van der Waals surface area (Å²) in [5.74, 6) is 0. The fraction of sp³-hybridized carbons (Fsp3) is 0.600. The van der Waals surface area contributed by atoms with E-state index in [1.165, 1.54) is 31.5 Å². The highest BCUT2D eigenvalue weighted by atomic mass is 16.1. The molecule has 0 aliphatic carbocycles. The molecule has 0 aromatic carbocycles. The summed E-state index contributed by atoms with van der Waals surface area (Å²) in [6.45, 7) is 2.19. The molecule has 2 nitrogen and oxygen atoms in total. The number of hydrogen-bond donors (Lipinski definition) is 0. The second-order valence-electron chi connectivity index (χ2n) is 2.61. The Kier molecular flexibility index (Phi) is 9.38. The molecule has 2 heteroatoms. The molecule has 0 fully saturated rings. The SMILES string of the molecule is CCCC[CH]CCC=CN=C=O. The Morgan fingerprint density at radius 2 is 2.17 bits per heavy atom. The molecule has 0 rings (SSSR count). The highest BCUT2D eigenvalue weighted by molar-refractivity contribution is 5.34. The van der Waals surface area contributed by atoms with E-state index in [1.54, 1.807) is 0 Å². The summed E-state index contributed by atoms with van der Waals surface area (Å²) in [4.78, 5) is 12.9. The van der Waals surface area contributed by atoms with Gasteiger partial charge in [0.05, 0.1) is 0 Å². The first-order valence-corrected chi connectivity index (χ1v) is 4.45. The molecule has 0 spiro atoms. The Balaban J connectivity index is 3.04. The van der Waals surface area contributed by atoms with Crippen LogP contribution in [0, 0.1) is 6.42 Å². The molecule has 0 saturated heterocycles. The van der Waals surface area contributed by atoms with Gasteiger partial charge in [0.25, 0.3) is 0 Å². The van der Waals surface area contributed by atoms with Crippen molar-refractivity contribution in [3.8, 4) is 0 Å². The van der Waals surface area contributed by atoms with Crippen molar-refractivity contribution in [2.45, 2.75) is 39.0 Å². The van der Waals surface area contributed by atoms with Crippen molar-refractivity contribution >= 4 is 6.08 Å². The molecule has 0 heterocycles. The van der Waals surface area contributed by atoms with Crippen LogP contribution in [-0.2, 0) is 4.79 Å². The van der Waals surface area contributed by atoms with Crippen molar-refractivity contribution in [2.24, 2.45) is 4.99 Å². The zero-order valence-corrected chi connectivity index (χ0v) is 7.62. The van der Waals surface area contributed by atoms with Gasteiger partial charge in [-0.05, 0) is 19.3 Å². The lowest BCUT2D eigenvalue weighted by atomic mass is 10.1. The molecule has 0 saturated carbocycles. The van der Waals surface area contributed by atoms with E-state index in [-0.39, 0.29) is 0 Å². The molecular formula is C10H16NO. The number of nitrogens with zero attached hydrogens (tertiary/aromatic N) is 1. The smallest absolute Gasteiger partial charge is 0.211 e. The zero-order chi connectivity index (χ0) is 9.07. The minimum Gasteiger partial charge on any atom is -0.211 e. The van der Waals surface area contributed by atoms with Crippen LogP contribution in [0.15, 0.2) is 17.3 Å². The number of hydrogen-bond acceptors (Lipinski definition) is 2. The van der Waals surface area contributed by atoms with Crippen molar-refractivity contribution < 1.29 is 4.79 Å². The third kappa shape index (κ3) is 9.12. The number of rotatable bonds is 7. The van der Waals surface area contributed by atoms with Crippen LogP contribution in [0.4, 0.5) is 0 Å². The second kappa shape index (κ2) is 10.1. The Bertz CT molecular complexity index is 157. The van der Waals surface area contributed by atoms with Crippen LogP contribution >= 0.6 is 0 Å². The summed E-state index contributed by atoms with van der Waals surface area (Å²) in [6.07, 6.45) is 12.9. The van der Waals surface area contributed by atoms with Gasteiger partial charge in [-0.1, -0.05) is 32.3 Å². The first kappa shape index (κ1) is 11.1. The lowest BCUT2D eigenvalue weighted by Gasteiger charge is -1.94. The molecule has 0 aliphatic heterocycles. The molecule has 0 aliphatic rings. The fourth-order valence-corrected chi connectivity index (χ4v) is 0.865. The molecule has 0 atom stereocenters. The predicted octanol–water partition coefficient (Wildman–Crippen LogP) is 3.01. The van der Waals surface area contributed by atoms with Crippen molar-refractivity contribution in [3.63, 3.8) is 0 Å². The molecule has 0 aromatic heterocycles. The number of isocyanates is 1. The van der Waals surface area contributed by atoms with E-state index in [0.717, 1.165) is 12.8 Å². The van der Waals surface area contributed by atoms with Gasteiger partial charge in [-0.15, -0.1) is 0 Å². The van der Waals surface area contributed by atoms with Gasteiger partial charge in [0.1, 0.15) is 0 Å². The van der Waals surface area contributed by atoms with Crippen molar-refractivity contribution in [2.75, 3.05) is 0 Å². The largest absolute Gasteiger partial charge is 0.239 e. The van der Waals surface area contributed by atoms with E-state index in [9.17, 15) is 4.79 Å². The lowest BCUT2D eigenvalue weighted by Crippen LogP contribution is -1.76. The molecule has 0 N–H and O–H groups in total. The second-order valence-corrected chi connectivity index (χ2v) is 2.61. The highest BCUT2D eigenvalue weighted by Crippen LogP contribution is 2.03. The first-order valence-electron chi connectivity index (χ1n) is 4.45. The number of aliphatic imine (C=N–C) groups is 1. The molecular weight excluding hydrogens is 150 g/mol. The summed E-state index contributed by atoms with van der Waals surface area (Å²) in [7, 11) is 0. The van der Waals surface area contributed by atoms with E-state index in [1.807, 2.05) is 6.08 Å². The average molecular weight is 166 g/mol. The Hall–Kier alpha value is -0.880. The van der Waals surface area contributed by atoms with Gasteiger partial charge >= 0.3 is 0 Å². The van der Waals surface area contributed by atoms with Gasteiger partial charge in [0.2, 0.25) is 6.08 Å². The number of allylic oxidation sites excluding steroid dienone is 1. The summed E-state index contributed by atoms with van der Waals surface area (Å²) in [5.41, 5.74) is 0.